The van der Waals surface area contributed by atoms with Crippen LogP contribution in [0.1, 0.15) is 10.6 Å². The Bertz CT molecular complexity index is 188. The Kier molecular flexibility index (Phi) is 11.7. The number of H-pyrrole nitrogens is 1. The topological polar surface area (TPSA) is 71.8 Å². The number of amides is 1. The molecule has 0 aliphatic carbocycles. The van der Waals surface area contributed by atoms with E-state index in [4.69, 9.17) is 5.73 Å². The van der Waals surface area contributed by atoms with Crippen LogP contribution in [0.3, 0.4) is 0 Å². The number of carbonyl (C=O) groups excluding carboxylic acids is 1. The lowest BCUT2D eigenvalue weighted by atomic mass is 10.6. The van der Waals surface area contributed by atoms with Gasteiger partial charge in [-0.2, -0.15) is 0 Å². The lowest BCUT2D eigenvalue weighted by Crippen LogP contribution is -2.12. The molecule has 0 saturated heterocycles. The summed E-state index contributed by atoms with van der Waals surface area (Å²) in [6.45, 7) is 0. The highest BCUT2D eigenvalue weighted by Crippen LogP contribution is 1.82. The summed E-state index contributed by atoms with van der Waals surface area (Å²) in [5.41, 5.74) is 4.83. The molecule has 0 aromatic carbocycles. The number of halogens is 3. The van der Waals surface area contributed by atoms with E-state index in [1.54, 1.807) is 6.20 Å². The van der Waals surface area contributed by atoms with Crippen LogP contribution in [0.5, 0.6) is 0 Å². The molecule has 11 heavy (non-hydrogen) atoms. The molecule has 0 bridgehead atoms. The molecule has 1 aromatic heterocycles. The number of rotatable bonds is 1. The van der Waals surface area contributed by atoms with Gasteiger partial charge in [-0.05, 0) is 0 Å². The van der Waals surface area contributed by atoms with Crippen molar-refractivity contribution in [2.75, 3.05) is 0 Å². The van der Waals surface area contributed by atoms with Crippen LogP contribution in [0.2, 0.25) is 0 Å². The zero-order valence-electron chi connectivity index (χ0n) is 5.31. The SMILES string of the molecule is Cl.Cl.Cl.NC(=O)c1ncc[nH]1. The van der Waals surface area contributed by atoms with Gasteiger partial charge in [-0.3, -0.25) is 4.79 Å². The summed E-state index contributed by atoms with van der Waals surface area (Å²) < 4.78 is 0. The monoisotopic (exact) mass is 219 g/mol. The first-order valence-electron chi connectivity index (χ1n) is 2.10. The fraction of sp³-hybridized carbons (Fsp3) is 0. The van der Waals surface area contributed by atoms with Gasteiger partial charge in [0.25, 0.3) is 5.91 Å². The first-order valence-corrected chi connectivity index (χ1v) is 2.10. The van der Waals surface area contributed by atoms with Crippen LogP contribution < -0.4 is 5.73 Å². The standard InChI is InChI=1S/C4H5N3O.3ClH/c5-3(8)4-6-1-2-7-4;;;/h1-2H,(H2,5,8)(H,6,7);3*1H. The van der Waals surface area contributed by atoms with Crippen LogP contribution in [0.25, 0.3) is 0 Å². The molecule has 0 aliphatic rings. The molecular weight excluding hydrogens is 212 g/mol. The Balaban J connectivity index is -0.000000213. The maximum absolute atomic E-state index is 10.2. The minimum absolute atomic E-state index is 0. The number of imidazole rings is 1. The summed E-state index contributed by atoms with van der Waals surface area (Å²) >= 11 is 0. The van der Waals surface area contributed by atoms with Crippen LogP contribution in [0, 0.1) is 0 Å². The fourth-order valence-electron chi connectivity index (χ4n) is 0.400. The number of aromatic amines is 1. The summed E-state index contributed by atoms with van der Waals surface area (Å²) in [6.07, 6.45) is 3.01. The molecule has 1 rings (SSSR count). The van der Waals surface area contributed by atoms with Crippen molar-refractivity contribution in [3.63, 3.8) is 0 Å². The summed E-state index contributed by atoms with van der Waals surface area (Å²) in [4.78, 5) is 16.3. The smallest absolute Gasteiger partial charge is 0.284 e. The van der Waals surface area contributed by atoms with Crippen molar-refractivity contribution in [3.05, 3.63) is 18.2 Å². The number of carbonyl (C=O) groups is 1. The Labute approximate surface area is 82.2 Å². The van der Waals surface area contributed by atoms with Gasteiger partial charge in [0.05, 0.1) is 0 Å². The zero-order chi connectivity index (χ0) is 5.98. The number of aromatic nitrogens is 2. The van der Waals surface area contributed by atoms with Crippen LogP contribution in [0.4, 0.5) is 0 Å². The van der Waals surface area contributed by atoms with E-state index in [2.05, 4.69) is 9.97 Å². The third kappa shape index (κ3) is 4.89. The molecule has 0 fully saturated rings. The third-order valence-corrected chi connectivity index (χ3v) is 0.732. The quantitative estimate of drug-likeness (QED) is 0.734. The Hall–Kier alpha value is -0.450. The maximum atomic E-state index is 10.2. The lowest BCUT2D eigenvalue weighted by Gasteiger charge is -1.80. The molecule has 0 atom stereocenters. The van der Waals surface area contributed by atoms with Crippen molar-refractivity contribution in [1.29, 1.82) is 0 Å². The van der Waals surface area contributed by atoms with Crippen molar-refractivity contribution in [2.45, 2.75) is 0 Å². The van der Waals surface area contributed by atoms with E-state index in [0.29, 0.717) is 0 Å². The molecule has 66 valence electrons. The highest BCUT2D eigenvalue weighted by molar-refractivity contribution is 5.88. The van der Waals surface area contributed by atoms with Crippen molar-refractivity contribution in [2.24, 2.45) is 5.73 Å². The number of primary amides is 1. The molecule has 4 nitrogen and oxygen atoms in total. The van der Waals surface area contributed by atoms with E-state index in [9.17, 15) is 4.79 Å². The van der Waals surface area contributed by atoms with E-state index in [1.807, 2.05) is 0 Å². The Morgan fingerprint density at radius 1 is 1.45 bits per heavy atom. The molecule has 0 saturated carbocycles. The van der Waals surface area contributed by atoms with E-state index >= 15 is 0 Å². The molecule has 1 aromatic rings. The number of nitrogens with one attached hydrogen (secondary N) is 1. The predicted molar refractivity (Wildman–Crippen MR) is 48.8 cm³/mol. The molecule has 0 spiro atoms. The van der Waals surface area contributed by atoms with E-state index < -0.39 is 5.91 Å². The molecule has 3 N–H and O–H groups in total. The number of nitrogens with two attached hydrogens (primary N) is 1. The van der Waals surface area contributed by atoms with Gasteiger partial charge in [0.2, 0.25) is 0 Å². The second-order valence-corrected chi connectivity index (χ2v) is 1.30. The number of hydrogen-bond acceptors (Lipinski definition) is 2. The molecule has 0 radical (unpaired) electrons. The summed E-state index contributed by atoms with van der Waals surface area (Å²) in [5, 5.41) is 0. The van der Waals surface area contributed by atoms with Crippen molar-refractivity contribution in [3.8, 4) is 0 Å². The van der Waals surface area contributed by atoms with Gasteiger partial charge in [-0.1, -0.05) is 0 Å². The lowest BCUT2D eigenvalue weighted by molar-refractivity contribution is 0.0991. The molecule has 0 unspecified atom stereocenters. The fourth-order valence-corrected chi connectivity index (χ4v) is 0.400. The van der Waals surface area contributed by atoms with Gasteiger partial charge in [-0.25, -0.2) is 4.98 Å². The largest absolute Gasteiger partial charge is 0.363 e. The number of hydrogen-bond donors (Lipinski definition) is 2. The van der Waals surface area contributed by atoms with Crippen molar-refractivity contribution < 1.29 is 4.79 Å². The minimum Gasteiger partial charge on any atom is -0.363 e. The van der Waals surface area contributed by atoms with Gasteiger partial charge >= 0.3 is 0 Å². The molecule has 0 aliphatic heterocycles. The van der Waals surface area contributed by atoms with Crippen LogP contribution >= 0.6 is 37.2 Å². The molecular formula is C4H8Cl3N3O. The van der Waals surface area contributed by atoms with Crippen molar-refractivity contribution >= 4 is 43.1 Å². The van der Waals surface area contributed by atoms with Gasteiger partial charge < -0.3 is 10.7 Å². The average Bonchev–Trinajstić information content (AvgIpc) is 2.12. The summed E-state index contributed by atoms with van der Waals surface area (Å²) in [5.74, 6) is -0.333. The summed E-state index contributed by atoms with van der Waals surface area (Å²) in [7, 11) is 0. The average molecular weight is 220 g/mol. The first-order chi connectivity index (χ1) is 3.80. The minimum atomic E-state index is -0.532. The first kappa shape index (κ1) is 16.9. The Morgan fingerprint density at radius 3 is 2.18 bits per heavy atom. The highest BCUT2D eigenvalue weighted by Gasteiger charge is 1.97. The van der Waals surface area contributed by atoms with E-state index in [1.165, 1.54) is 6.20 Å². The Morgan fingerprint density at radius 2 is 2.00 bits per heavy atom. The zero-order valence-corrected chi connectivity index (χ0v) is 7.76. The predicted octanol–water partition coefficient (Wildman–Crippen LogP) is 0.774. The van der Waals surface area contributed by atoms with Gasteiger partial charge in [0, 0.05) is 12.4 Å². The maximum Gasteiger partial charge on any atom is 0.284 e. The molecule has 1 heterocycles. The normalized spacial score (nSPS) is 6.55. The third-order valence-electron chi connectivity index (χ3n) is 0.732. The van der Waals surface area contributed by atoms with E-state index in [-0.39, 0.29) is 43.0 Å². The van der Waals surface area contributed by atoms with Crippen molar-refractivity contribution in [1.82, 2.24) is 9.97 Å². The molecule has 1 amide bonds. The van der Waals surface area contributed by atoms with Gasteiger partial charge in [0.1, 0.15) is 0 Å². The van der Waals surface area contributed by atoms with Crippen LogP contribution in [-0.2, 0) is 0 Å². The van der Waals surface area contributed by atoms with Gasteiger partial charge in [-0.15, -0.1) is 37.2 Å². The van der Waals surface area contributed by atoms with Crippen LogP contribution in [-0.4, -0.2) is 15.9 Å². The second kappa shape index (κ2) is 7.65. The molecule has 7 heteroatoms. The van der Waals surface area contributed by atoms with E-state index in [0.717, 1.165) is 0 Å². The number of nitrogens with zero attached hydrogens (tertiary/aromatic N) is 1. The highest BCUT2D eigenvalue weighted by atomic mass is 35.5. The van der Waals surface area contributed by atoms with Gasteiger partial charge in [0.15, 0.2) is 5.82 Å². The second-order valence-electron chi connectivity index (χ2n) is 1.30. The van der Waals surface area contributed by atoms with Crippen LogP contribution in [0.15, 0.2) is 12.4 Å². The summed E-state index contributed by atoms with van der Waals surface area (Å²) in [6, 6.07) is 0.